The second kappa shape index (κ2) is 46.1. The molecule has 0 aliphatic heterocycles. The van der Waals surface area contributed by atoms with Gasteiger partial charge in [-0.05, 0) is 152 Å². The van der Waals surface area contributed by atoms with E-state index in [9.17, 15) is 33.6 Å². The molecule has 29 heteroatoms. The van der Waals surface area contributed by atoms with Crippen LogP contribution in [0.2, 0.25) is 0 Å². The number of ketones is 1. The number of alkyl halides is 1. The van der Waals surface area contributed by atoms with E-state index in [1.807, 2.05) is 30.3 Å². The van der Waals surface area contributed by atoms with Gasteiger partial charge in [-0.3, -0.25) is 18.9 Å². The Hall–Kier alpha value is -8.72. The summed E-state index contributed by atoms with van der Waals surface area (Å²) in [7, 11) is 9.00. The standard InChI is InChI=1S/C16H20N2O3.C16H18N2O3.C16H16N2O2.C10H11BrO3.C10H9NO3.C6H13NO.Cl3OP/c2*1-21-15-10-12(7-6-11(15)8-9-17)16(20)18-13-4-2-3-5-14(13)19;1-19-15-10-12(7-6-11(15)8-9-17)16-18-13-4-2-3-5-14(13)20-16;1-13-9-5-7(10(12)14-2)3-4-8(9)6-11;1-14-9-6-8(10(12)13)3-2-7(9)4-5-11;7-5-3-1-2-4-6(5)8;1-5(2,3)4/h6-7,10,13-14,19H,2-5,8H2,1H3,(H,18,20);6-7,10,13H,2-5,8H2,1H3,(H,18,20);6-7,10H,2-5,8H2,1H3;3-5H,6H2,1-2H3;2-3,6H,4H2,1H3,(H,12,13);5-6,8H,1-4,7H2;. The number of aromatic carboxylic acids is 1. The fourth-order valence-corrected chi connectivity index (χ4v) is 11.5. The summed E-state index contributed by atoms with van der Waals surface area (Å²) in [6, 6.07) is 33.2. The zero-order valence-corrected chi connectivity index (χ0v) is 63.1. The van der Waals surface area contributed by atoms with Gasteiger partial charge < -0.3 is 64.5 Å². The number of hydrogen-bond donors (Lipinski definition) is 6. The van der Waals surface area contributed by atoms with Gasteiger partial charge in [0.25, 0.3) is 11.8 Å². The first-order valence-electron chi connectivity index (χ1n) is 33.0. The van der Waals surface area contributed by atoms with E-state index in [4.69, 9.17) is 65.1 Å². The molecule has 1 heterocycles. The van der Waals surface area contributed by atoms with Crippen molar-refractivity contribution < 1.29 is 76.7 Å². The Morgan fingerprint density at radius 3 is 1.42 bits per heavy atom. The molecule has 4 aliphatic rings. The lowest BCUT2D eigenvalue weighted by atomic mass is 9.92. The molecule has 0 bridgehead atoms. The Labute approximate surface area is 623 Å². The number of nitrogens with zero attached hydrogens (tertiary/aromatic N) is 5. The summed E-state index contributed by atoms with van der Waals surface area (Å²) < 4.78 is 45.8. The largest absolute Gasteiger partial charge is 0.496 e. The van der Waals surface area contributed by atoms with Crippen LogP contribution in [0.1, 0.15) is 171 Å². The molecule has 3 saturated carbocycles. The van der Waals surface area contributed by atoms with Gasteiger partial charge in [0.2, 0.25) is 5.89 Å². The topological polar surface area (TPSA) is 390 Å². The van der Waals surface area contributed by atoms with E-state index >= 15 is 0 Å². The quantitative estimate of drug-likeness (QED) is 0.0280. The van der Waals surface area contributed by atoms with Crippen molar-refractivity contribution >= 4 is 84.4 Å². The van der Waals surface area contributed by atoms with Gasteiger partial charge >= 0.3 is 17.1 Å². The van der Waals surface area contributed by atoms with Crippen molar-refractivity contribution in [3.05, 3.63) is 153 Å². The summed E-state index contributed by atoms with van der Waals surface area (Å²) in [5, 5.41) is 65.6. The molecular formula is C74H87BrCl3N8O16P. The summed E-state index contributed by atoms with van der Waals surface area (Å²) in [5.41, 5.74) is 13.2. The van der Waals surface area contributed by atoms with Gasteiger partial charge in [0.15, 0.2) is 5.78 Å². The van der Waals surface area contributed by atoms with Crippen LogP contribution < -0.4 is 40.1 Å². The summed E-state index contributed by atoms with van der Waals surface area (Å²) in [5.74, 6) is 2.78. The maximum atomic E-state index is 12.3. The van der Waals surface area contributed by atoms with Gasteiger partial charge in [-0.2, -0.15) is 21.0 Å². The highest BCUT2D eigenvalue weighted by Crippen LogP contribution is 2.61. The molecule has 3 fully saturated rings. The monoisotopic (exact) mass is 1560 g/mol. The van der Waals surface area contributed by atoms with E-state index in [1.165, 1.54) is 59.8 Å². The third-order valence-electron chi connectivity index (χ3n) is 16.6. The van der Waals surface area contributed by atoms with E-state index in [0.29, 0.717) is 81.5 Å². The minimum atomic E-state index is -3.22. The van der Waals surface area contributed by atoms with Crippen LogP contribution in [0.25, 0.3) is 11.5 Å². The molecule has 4 aliphatic carbocycles. The minimum Gasteiger partial charge on any atom is -0.496 e. The van der Waals surface area contributed by atoms with Crippen molar-refractivity contribution in [3.63, 3.8) is 0 Å². The second-order valence-corrected chi connectivity index (χ2v) is 30.8. The molecular weight excluding hydrogens is 1470 g/mol. The number of nitrogens with two attached hydrogens (primary N) is 1. The molecule has 5 atom stereocenters. The molecule has 103 heavy (non-hydrogen) atoms. The van der Waals surface area contributed by atoms with Crippen LogP contribution in [-0.4, -0.2) is 123 Å². The lowest BCUT2D eigenvalue weighted by Gasteiger charge is -2.28. The molecule has 7 N–H and O–H groups in total. The fraction of sp³-hybridized carbons (Fsp3) is 0.432. The smallest absolute Gasteiger partial charge is 0.339 e. The molecule has 1 aromatic heterocycles. The van der Waals surface area contributed by atoms with Gasteiger partial charge in [0.05, 0.1) is 134 Å². The summed E-state index contributed by atoms with van der Waals surface area (Å²) in [4.78, 5) is 62.6. The number of esters is 1. The van der Waals surface area contributed by atoms with E-state index in [0.717, 1.165) is 110 Å². The van der Waals surface area contributed by atoms with Crippen molar-refractivity contribution in [2.75, 3.05) is 42.7 Å². The average Bonchev–Trinajstić information content (AvgIpc) is 1.73. The lowest BCUT2D eigenvalue weighted by molar-refractivity contribution is -0.122. The predicted octanol–water partition coefficient (Wildman–Crippen LogP) is 14.0. The van der Waals surface area contributed by atoms with Gasteiger partial charge in [-0.15, -0.1) is 0 Å². The minimum absolute atomic E-state index is 0.0590. The van der Waals surface area contributed by atoms with Crippen molar-refractivity contribution in [2.24, 2.45) is 5.73 Å². The number of fused-ring (bicyclic) bond motifs is 1. The predicted molar refractivity (Wildman–Crippen MR) is 393 cm³/mol. The van der Waals surface area contributed by atoms with Crippen LogP contribution >= 0.6 is 54.9 Å². The van der Waals surface area contributed by atoms with Gasteiger partial charge in [-0.1, -0.05) is 78.4 Å². The maximum Gasteiger partial charge on any atom is 0.339 e. The molecule has 6 aromatic rings. The van der Waals surface area contributed by atoms with E-state index in [2.05, 4.69) is 88.2 Å². The van der Waals surface area contributed by atoms with Crippen LogP contribution in [0.15, 0.2) is 95.4 Å². The van der Waals surface area contributed by atoms with Gasteiger partial charge in [0, 0.05) is 68.7 Å². The Bertz CT molecular complexity index is 3980. The number of carboxylic acids is 1. The zero-order chi connectivity index (χ0) is 76.0. The number of nitriles is 4. The summed E-state index contributed by atoms with van der Waals surface area (Å²) >= 11 is 17.2. The SMILES string of the molecule is COC(=O)c1ccc(CBr)c(OC)c1.COc1cc(-c2nc3c(o2)CCCC3)ccc1CC#N.COc1cc(C(=O)NC2CCCCC2=O)ccc1CC#N.COc1cc(C(=O)NC2CCCCC2O)ccc1CC#N.COc1cc(C(=O)O)ccc1CC#N.NC1CCCCC1O.O=P(Cl)(Cl)Cl. The van der Waals surface area contributed by atoms with Gasteiger partial charge in [0.1, 0.15) is 34.5 Å². The number of rotatable bonds is 17. The van der Waals surface area contributed by atoms with E-state index in [-0.39, 0.29) is 72.6 Å². The number of carbonyl (C=O) groups is 5. The highest BCUT2D eigenvalue weighted by Gasteiger charge is 2.27. The average molecular weight is 1560 g/mol. The van der Waals surface area contributed by atoms with Crippen molar-refractivity contribution in [1.82, 2.24) is 15.6 Å². The number of halogens is 4. The molecule has 24 nitrogen and oxygen atoms in total. The highest BCUT2D eigenvalue weighted by atomic mass is 79.9. The highest BCUT2D eigenvalue weighted by molar-refractivity contribution is 9.08. The fourth-order valence-electron chi connectivity index (χ4n) is 11.1. The number of aromatic nitrogens is 1. The first-order valence-corrected chi connectivity index (χ1v) is 38.5. The van der Waals surface area contributed by atoms with Crippen LogP contribution in [0.4, 0.5) is 0 Å². The molecule has 0 saturated heterocycles. The van der Waals surface area contributed by atoms with Crippen LogP contribution in [-0.2, 0) is 58.0 Å². The molecule has 552 valence electrons. The lowest BCUT2D eigenvalue weighted by Crippen LogP contribution is -2.45. The Morgan fingerprint density at radius 1 is 0.563 bits per heavy atom. The molecule has 5 aromatic carbocycles. The molecule has 2 amide bonds. The number of ether oxygens (including phenoxy) is 6. The summed E-state index contributed by atoms with van der Waals surface area (Å²) in [6.45, 7) is 0. The number of nitrogens with one attached hydrogen (secondary N) is 2. The van der Waals surface area contributed by atoms with Crippen molar-refractivity contribution in [1.29, 1.82) is 21.0 Å². The number of aryl methyl sites for hydroxylation is 2. The number of aliphatic hydroxyl groups is 2. The number of oxazole rings is 1. The number of methoxy groups -OCH3 is 6. The third kappa shape index (κ3) is 29.5. The normalized spacial score (nSPS) is 16.9. The Balaban J connectivity index is 0.000000263. The van der Waals surface area contributed by atoms with E-state index < -0.39 is 17.3 Å². The molecule has 0 spiro atoms. The second-order valence-electron chi connectivity index (χ2n) is 23.6. The number of benzene rings is 5. The first-order chi connectivity index (χ1) is 49.3. The maximum absolute atomic E-state index is 12.3. The Kier molecular flexibility index (Phi) is 38.8. The molecule has 0 radical (unpaired) electrons. The Morgan fingerprint density at radius 2 is 0.971 bits per heavy atom. The number of amides is 2. The molecule has 5 unspecified atom stereocenters. The molecule has 10 rings (SSSR count). The van der Waals surface area contributed by atoms with Crippen LogP contribution in [0.3, 0.4) is 0 Å². The number of aliphatic hydroxyl groups excluding tert-OH is 2. The number of hydrogen-bond acceptors (Lipinski definition) is 21. The number of Topliss-reactive ketones (excluding diaryl/α,β-unsaturated/α-hetero) is 1. The summed E-state index contributed by atoms with van der Waals surface area (Å²) in [6.07, 6.45) is 15.6. The van der Waals surface area contributed by atoms with Gasteiger partial charge in [-0.25, -0.2) is 14.6 Å². The first kappa shape index (κ1) is 86.7. The number of carboxylic acid groups (broad SMARTS) is 1. The van der Waals surface area contributed by atoms with Crippen LogP contribution in [0, 0.1) is 45.3 Å². The zero-order valence-electron chi connectivity index (χ0n) is 58.3. The van der Waals surface area contributed by atoms with Crippen molar-refractivity contribution in [2.45, 2.75) is 164 Å². The number of carbonyl (C=O) groups excluding carboxylic acids is 4. The van der Waals surface area contributed by atoms with Crippen molar-refractivity contribution in [3.8, 4) is 64.5 Å². The third-order valence-corrected chi connectivity index (χ3v) is 17.2. The van der Waals surface area contributed by atoms with E-state index in [1.54, 1.807) is 68.8 Å². The van der Waals surface area contributed by atoms with Crippen LogP contribution in [0.5, 0.6) is 28.7 Å².